The summed E-state index contributed by atoms with van der Waals surface area (Å²) in [5, 5.41) is 8.53. The van der Waals surface area contributed by atoms with Crippen molar-refractivity contribution in [1.82, 2.24) is 4.31 Å². The molecule has 1 N–H and O–H groups in total. The van der Waals surface area contributed by atoms with Gasteiger partial charge in [0.15, 0.2) is 6.61 Å². The molecule has 21 heavy (non-hydrogen) atoms. The summed E-state index contributed by atoms with van der Waals surface area (Å²) in [5.74, 6) is 1.05. The summed E-state index contributed by atoms with van der Waals surface area (Å²) in [5.41, 5.74) is 0. The first-order valence-corrected chi connectivity index (χ1v) is 9.12. The average molecular weight is 331 g/mol. The number of carbonyl (C=O) groups is 1. The maximum absolute atomic E-state index is 12.5. The van der Waals surface area contributed by atoms with Crippen molar-refractivity contribution in [1.29, 1.82) is 0 Å². The van der Waals surface area contributed by atoms with Crippen LogP contribution in [0.4, 0.5) is 0 Å². The number of rotatable bonds is 5. The molecule has 1 aliphatic rings. The third-order valence-electron chi connectivity index (χ3n) is 3.01. The highest BCUT2D eigenvalue weighted by Crippen LogP contribution is 2.22. The second kappa shape index (κ2) is 7.15. The van der Waals surface area contributed by atoms with E-state index in [0.717, 1.165) is 17.9 Å². The molecule has 1 aliphatic heterocycles. The van der Waals surface area contributed by atoms with Gasteiger partial charge >= 0.3 is 5.97 Å². The Hall–Kier alpha value is -1.25. The Balaban J connectivity index is 2.10. The number of hydrogen-bond acceptors (Lipinski definition) is 5. The molecular weight excluding hydrogens is 314 g/mol. The Labute approximate surface area is 128 Å². The minimum absolute atomic E-state index is 0.206. The van der Waals surface area contributed by atoms with Gasteiger partial charge in [-0.2, -0.15) is 16.1 Å². The summed E-state index contributed by atoms with van der Waals surface area (Å²) in [6, 6.07) is 5.85. The summed E-state index contributed by atoms with van der Waals surface area (Å²) in [7, 11) is -3.49. The predicted molar refractivity (Wildman–Crippen MR) is 80.3 cm³/mol. The van der Waals surface area contributed by atoms with Crippen LogP contribution in [-0.4, -0.2) is 55.0 Å². The molecule has 0 amide bonds. The van der Waals surface area contributed by atoms with Gasteiger partial charge in [-0.05, 0) is 36.4 Å². The van der Waals surface area contributed by atoms with Crippen molar-refractivity contribution >= 4 is 27.8 Å². The average Bonchev–Trinajstić information content (AvgIpc) is 2.75. The first kappa shape index (κ1) is 16.1. The molecule has 1 saturated heterocycles. The second-order valence-electron chi connectivity index (χ2n) is 4.52. The van der Waals surface area contributed by atoms with Crippen LogP contribution in [0.5, 0.6) is 5.75 Å². The van der Waals surface area contributed by atoms with Gasteiger partial charge in [0.2, 0.25) is 10.0 Å². The highest BCUT2D eigenvalue weighted by Gasteiger charge is 2.25. The van der Waals surface area contributed by atoms with Crippen LogP contribution in [0.1, 0.15) is 6.42 Å². The Morgan fingerprint density at radius 3 is 2.62 bits per heavy atom. The van der Waals surface area contributed by atoms with E-state index >= 15 is 0 Å². The van der Waals surface area contributed by atoms with Crippen molar-refractivity contribution in [2.75, 3.05) is 31.2 Å². The lowest BCUT2D eigenvalue weighted by molar-refractivity contribution is -0.139. The SMILES string of the molecule is O=C(O)COc1ccc(S(=O)(=O)N2CCCSCC2)cc1. The minimum Gasteiger partial charge on any atom is -0.482 e. The number of nitrogens with zero attached hydrogens (tertiary/aromatic N) is 1. The van der Waals surface area contributed by atoms with Crippen LogP contribution in [-0.2, 0) is 14.8 Å². The maximum Gasteiger partial charge on any atom is 0.341 e. The first-order valence-electron chi connectivity index (χ1n) is 6.53. The van der Waals surface area contributed by atoms with E-state index in [4.69, 9.17) is 9.84 Å². The van der Waals surface area contributed by atoms with Gasteiger partial charge in [-0.15, -0.1) is 0 Å². The minimum atomic E-state index is -3.49. The zero-order valence-corrected chi connectivity index (χ0v) is 13.0. The maximum atomic E-state index is 12.5. The van der Waals surface area contributed by atoms with Gasteiger partial charge < -0.3 is 9.84 Å². The largest absolute Gasteiger partial charge is 0.482 e. The van der Waals surface area contributed by atoms with Crippen molar-refractivity contribution in [3.8, 4) is 5.75 Å². The van der Waals surface area contributed by atoms with E-state index in [-0.39, 0.29) is 4.90 Å². The third kappa shape index (κ3) is 4.36. The number of carboxylic acid groups (broad SMARTS) is 1. The standard InChI is InChI=1S/C13H17NO5S2/c15-13(16)10-19-11-2-4-12(5-3-11)21(17,18)14-6-1-8-20-9-7-14/h2-5H,1,6-10H2,(H,15,16). The second-order valence-corrected chi connectivity index (χ2v) is 7.69. The van der Waals surface area contributed by atoms with E-state index in [1.807, 2.05) is 0 Å². The molecule has 1 fully saturated rings. The predicted octanol–water partition coefficient (Wildman–Crippen LogP) is 1.28. The number of benzene rings is 1. The van der Waals surface area contributed by atoms with Crippen LogP contribution >= 0.6 is 11.8 Å². The number of sulfonamides is 1. The lowest BCUT2D eigenvalue weighted by atomic mass is 10.3. The van der Waals surface area contributed by atoms with Crippen molar-refractivity contribution in [2.45, 2.75) is 11.3 Å². The third-order valence-corrected chi connectivity index (χ3v) is 5.97. The van der Waals surface area contributed by atoms with Crippen molar-refractivity contribution in [3.63, 3.8) is 0 Å². The smallest absolute Gasteiger partial charge is 0.341 e. The van der Waals surface area contributed by atoms with Gasteiger partial charge in [0.25, 0.3) is 0 Å². The molecule has 8 heteroatoms. The zero-order chi connectivity index (χ0) is 15.3. The van der Waals surface area contributed by atoms with E-state index in [0.29, 0.717) is 18.8 Å². The molecule has 0 saturated carbocycles. The monoisotopic (exact) mass is 331 g/mol. The Morgan fingerprint density at radius 2 is 1.95 bits per heavy atom. The van der Waals surface area contributed by atoms with Crippen LogP contribution in [0.15, 0.2) is 29.2 Å². The van der Waals surface area contributed by atoms with Gasteiger partial charge in [-0.1, -0.05) is 0 Å². The fourth-order valence-electron chi connectivity index (χ4n) is 1.97. The fraction of sp³-hybridized carbons (Fsp3) is 0.462. The zero-order valence-electron chi connectivity index (χ0n) is 11.4. The molecule has 0 radical (unpaired) electrons. The Kier molecular flexibility index (Phi) is 5.49. The normalized spacial score (nSPS) is 17.1. The van der Waals surface area contributed by atoms with Crippen LogP contribution in [0, 0.1) is 0 Å². The summed E-state index contributed by atoms with van der Waals surface area (Å²) in [6.07, 6.45) is 0.851. The van der Waals surface area contributed by atoms with E-state index in [1.165, 1.54) is 28.6 Å². The summed E-state index contributed by atoms with van der Waals surface area (Å²) >= 11 is 1.76. The van der Waals surface area contributed by atoms with E-state index in [2.05, 4.69) is 0 Å². The molecule has 0 spiro atoms. The number of carboxylic acids is 1. The summed E-state index contributed by atoms with van der Waals surface area (Å²) in [6.45, 7) is 0.603. The van der Waals surface area contributed by atoms with Crippen molar-refractivity contribution in [3.05, 3.63) is 24.3 Å². The topological polar surface area (TPSA) is 83.9 Å². The number of aliphatic carboxylic acids is 1. The lowest BCUT2D eigenvalue weighted by Gasteiger charge is -2.19. The van der Waals surface area contributed by atoms with Gasteiger partial charge in [0, 0.05) is 18.8 Å². The number of hydrogen-bond donors (Lipinski definition) is 1. The highest BCUT2D eigenvalue weighted by atomic mass is 32.2. The Bertz CT molecular complexity index is 577. The number of ether oxygens (including phenoxy) is 1. The van der Waals surface area contributed by atoms with E-state index < -0.39 is 22.6 Å². The molecule has 0 aromatic heterocycles. The molecular formula is C13H17NO5S2. The fourth-order valence-corrected chi connectivity index (χ4v) is 4.45. The van der Waals surface area contributed by atoms with Gasteiger partial charge in [0.1, 0.15) is 5.75 Å². The molecule has 1 heterocycles. The van der Waals surface area contributed by atoms with Crippen LogP contribution in [0.2, 0.25) is 0 Å². The van der Waals surface area contributed by atoms with Gasteiger partial charge in [-0.3, -0.25) is 0 Å². The highest BCUT2D eigenvalue weighted by molar-refractivity contribution is 7.99. The molecule has 116 valence electrons. The molecule has 0 unspecified atom stereocenters. The van der Waals surface area contributed by atoms with Gasteiger partial charge in [-0.25, -0.2) is 13.2 Å². The van der Waals surface area contributed by atoms with E-state index in [9.17, 15) is 13.2 Å². The molecule has 0 bridgehead atoms. The van der Waals surface area contributed by atoms with Crippen molar-refractivity contribution in [2.24, 2.45) is 0 Å². The summed E-state index contributed by atoms with van der Waals surface area (Å²) < 4.78 is 31.5. The quantitative estimate of drug-likeness (QED) is 0.875. The molecule has 2 rings (SSSR count). The Morgan fingerprint density at radius 1 is 1.24 bits per heavy atom. The molecule has 0 aliphatic carbocycles. The molecule has 1 aromatic rings. The van der Waals surface area contributed by atoms with Crippen LogP contribution < -0.4 is 4.74 Å². The first-order chi connectivity index (χ1) is 10.00. The lowest BCUT2D eigenvalue weighted by Crippen LogP contribution is -2.32. The van der Waals surface area contributed by atoms with Crippen LogP contribution in [0.3, 0.4) is 0 Å². The summed E-state index contributed by atoms with van der Waals surface area (Å²) in [4.78, 5) is 10.6. The van der Waals surface area contributed by atoms with Crippen LogP contribution in [0.25, 0.3) is 0 Å². The molecule has 1 aromatic carbocycles. The van der Waals surface area contributed by atoms with Crippen molar-refractivity contribution < 1.29 is 23.1 Å². The molecule has 6 nitrogen and oxygen atoms in total. The van der Waals surface area contributed by atoms with Gasteiger partial charge in [0.05, 0.1) is 4.90 Å². The number of thioether (sulfide) groups is 1. The van der Waals surface area contributed by atoms with E-state index in [1.54, 1.807) is 11.8 Å². The molecule has 0 atom stereocenters.